The highest BCUT2D eigenvalue weighted by Gasteiger charge is 2.27. The highest BCUT2D eigenvalue weighted by molar-refractivity contribution is 5.75. The molecule has 0 aromatic carbocycles. The number of carbonyl (C=O) groups excluding carboxylic acids is 1. The van der Waals surface area contributed by atoms with E-state index in [1.807, 2.05) is 11.8 Å². The largest absolute Gasteiger partial charge is 0.468 e. The Labute approximate surface area is 84.1 Å². The Morgan fingerprint density at radius 1 is 1.79 bits per heavy atom. The quantitative estimate of drug-likeness (QED) is 0.607. The molecule has 0 spiro atoms. The van der Waals surface area contributed by atoms with Crippen molar-refractivity contribution in [3.63, 3.8) is 0 Å². The molecule has 0 saturated carbocycles. The van der Waals surface area contributed by atoms with Crippen LogP contribution in [0, 0.1) is 0 Å². The van der Waals surface area contributed by atoms with Gasteiger partial charge in [-0.15, -0.1) is 0 Å². The van der Waals surface area contributed by atoms with Crippen LogP contribution in [-0.2, 0) is 14.3 Å². The van der Waals surface area contributed by atoms with Gasteiger partial charge in [0.05, 0.1) is 19.8 Å². The van der Waals surface area contributed by atoms with Crippen LogP contribution in [0.5, 0.6) is 0 Å². The van der Waals surface area contributed by atoms with Crippen LogP contribution in [0.3, 0.4) is 0 Å². The Morgan fingerprint density at radius 2 is 2.50 bits per heavy atom. The number of nitrogens with zero attached hydrogens (tertiary/aromatic N) is 1. The molecule has 0 radical (unpaired) electrons. The summed E-state index contributed by atoms with van der Waals surface area (Å²) >= 11 is 0. The molecule has 0 aliphatic carbocycles. The standard InChI is InChI=1S/C9H18N2O3/c1-7(9(12)13-2)11-3-4-14-8(5-10)6-11/h7-8H,3-6,10H2,1-2H3. The van der Waals surface area contributed by atoms with Gasteiger partial charge >= 0.3 is 5.97 Å². The zero-order valence-corrected chi connectivity index (χ0v) is 8.73. The van der Waals surface area contributed by atoms with Crippen molar-refractivity contribution in [2.75, 3.05) is 33.4 Å². The molecule has 0 aromatic rings. The topological polar surface area (TPSA) is 64.8 Å². The van der Waals surface area contributed by atoms with Crippen LogP contribution in [0.25, 0.3) is 0 Å². The zero-order chi connectivity index (χ0) is 10.6. The van der Waals surface area contributed by atoms with E-state index in [0.29, 0.717) is 19.7 Å². The number of morpholine rings is 1. The summed E-state index contributed by atoms with van der Waals surface area (Å²) in [5.41, 5.74) is 5.51. The summed E-state index contributed by atoms with van der Waals surface area (Å²) in [5.74, 6) is -0.206. The van der Waals surface area contributed by atoms with Gasteiger partial charge in [-0.05, 0) is 6.92 Å². The first-order valence-corrected chi connectivity index (χ1v) is 4.82. The summed E-state index contributed by atoms with van der Waals surface area (Å²) in [4.78, 5) is 13.3. The van der Waals surface area contributed by atoms with E-state index in [1.165, 1.54) is 7.11 Å². The number of esters is 1. The maximum Gasteiger partial charge on any atom is 0.322 e. The molecule has 1 fully saturated rings. The van der Waals surface area contributed by atoms with Gasteiger partial charge in [0.1, 0.15) is 6.04 Å². The summed E-state index contributed by atoms with van der Waals surface area (Å²) in [6.07, 6.45) is 0.0378. The first-order valence-electron chi connectivity index (χ1n) is 4.82. The molecule has 5 nitrogen and oxygen atoms in total. The minimum Gasteiger partial charge on any atom is -0.468 e. The van der Waals surface area contributed by atoms with E-state index < -0.39 is 0 Å². The monoisotopic (exact) mass is 202 g/mol. The summed E-state index contributed by atoms with van der Waals surface area (Å²) in [5, 5.41) is 0. The predicted molar refractivity (Wildman–Crippen MR) is 51.8 cm³/mol. The molecule has 1 heterocycles. The van der Waals surface area contributed by atoms with E-state index in [2.05, 4.69) is 4.74 Å². The number of nitrogens with two attached hydrogens (primary N) is 1. The lowest BCUT2D eigenvalue weighted by Crippen LogP contribution is -2.51. The molecule has 2 N–H and O–H groups in total. The molecule has 5 heteroatoms. The Hall–Kier alpha value is -0.650. The summed E-state index contributed by atoms with van der Waals surface area (Å²) in [6.45, 7) is 4.41. The zero-order valence-electron chi connectivity index (χ0n) is 8.73. The molecule has 1 saturated heterocycles. The summed E-state index contributed by atoms with van der Waals surface area (Å²) < 4.78 is 10.1. The molecular weight excluding hydrogens is 184 g/mol. The number of carbonyl (C=O) groups is 1. The second-order valence-electron chi connectivity index (χ2n) is 3.42. The van der Waals surface area contributed by atoms with Gasteiger partial charge in [-0.1, -0.05) is 0 Å². The minimum atomic E-state index is -0.210. The van der Waals surface area contributed by atoms with Gasteiger partial charge in [-0.2, -0.15) is 0 Å². The predicted octanol–water partition coefficient (Wildman–Crippen LogP) is -0.793. The lowest BCUT2D eigenvalue weighted by molar-refractivity contribution is -0.149. The van der Waals surface area contributed by atoms with Crippen molar-refractivity contribution in [1.29, 1.82) is 0 Å². The van der Waals surface area contributed by atoms with E-state index in [1.54, 1.807) is 0 Å². The highest BCUT2D eigenvalue weighted by atomic mass is 16.5. The number of methoxy groups -OCH3 is 1. The third kappa shape index (κ3) is 2.67. The van der Waals surface area contributed by atoms with Gasteiger partial charge in [0, 0.05) is 19.6 Å². The maximum absolute atomic E-state index is 11.3. The number of hydrogen-bond acceptors (Lipinski definition) is 5. The minimum absolute atomic E-state index is 0.0378. The number of hydrogen-bond donors (Lipinski definition) is 1. The summed E-state index contributed by atoms with van der Waals surface area (Å²) in [7, 11) is 1.40. The lowest BCUT2D eigenvalue weighted by atomic mass is 10.2. The SMILES string of the molecule is COC(=O)C(C)N1CCOC(CN)C1. The average molecular weight is 202 g/mol. The normalized spacial score (nSPS) is 25.8. The van der Waals surface area contributed by atoms with E-state index >= 15 is 0 Å². The van der Waals surface area contributed by atoms with Crippen molar-refractivity contribution < 1.29 is 14.3 Å². The van der Waals surface area contributed by atoms with Crippen molar-refractivity contribution in [2.45, 2.75) is 19.1 Å². The second kappa shape index (κ2) is 5.29. The van der Waals surface area contributed by atoms with Crippen LogP contribution in [0.15, 0.2) is 0 Å². The van der Waals surface area contributed by atoms with E-state index in [0.717, 1.165) is 6.54 Å². The maximum atomic E-state index is 11.3. The van der Waals surface area contributed by atoms with Gasteiger partial charge in [-0.25, -0.2) is 0 Å². The first-order chi connectivity index (χ1) is 6.69. The van der Waals surface area contributed by atoms with Crippen molar-refractivity contribution in [1.82, 2.24) is 4.90 Å². The second-order valence-corrected chi connectivity index (χ2v) is 3.42. The van der Waals surface area contributed by atoms with Crippen LogP contribution in [0.4, 0.5) is 0 Å². The smallest absolute Gasteiger partial charge is 0.322 e. The van der Waals surface area contributed by atoms with Crippen molar-refractivity contribution in [3.05, 3.63) is 0 Å². The Kier molecular flexibility index (Phi) is 4.31. The average Bonchev–Trinajstić information content (AvgIpc) is 2.27. The van der Waals surface area contributed by atoms with Crippen LogP contribution < -0.4 is 5.73 Å². The Bertz CT molecular complexity index is 198. The van der Waals surface area contributed by atoms with Gasteiger partial charge in [0.25, 0.3) is 0 Å². The highest BCUT2D eigenvalue weighted by Crippen LogP contribution is 2.09. The van der Waals surface area contributed by atoms with Crippen molar-refractivity contribution in [2.24, 2.45) is 5.73 Å². The molecule has 1 rings (SSSR count). The Balaban J connectivity index is 2.46. The molecule has 82 valence electrons. The third-order valence-corrected chi connectivity index (χ3v) is 2.52. The van der Waals surface area contributed by atoms with Gasteiger partial charge in [0.2, 0.25) is 0 Å². The fraction of sp³-hybridized carbons (Fsp3) is 0.889. The van der Waals surface area contributed by atoms with Crippen LogP contribution >= 0.6 is 0 Å². The number of rotatable bonds is 3. The molecule has 1 aliphatic heterocycles. The van der Waals surface area contributed by atoms with Crippen molar-refractivity contribution >= 4 is 5.97 Å². The molecule has 0 amide bonds. The van der Waals surface area contributed by atoms with Gasteiger partial charge < -0.3 is 15.2 Å². The van der Waals surface area contributed by atoms with Gasteiger partial charge in [-0.3, -0.25) is 9.69 Å². The fourth-order valence-corrected chi connectivity index (χ4v) is 1.56. The van der Waals surface area contributed by atoms with Gasteiger partial charge in [0.15, 0.2) is 0 Å². The van der Waals surface area contributed by atoms with Crippen molar-refractivity contribution in [3.8, 4) is 0 Å². The summed E-state index contributed by atoms with van der Waals surface area (Å²) in [6, 6.07) is -0.210. The molecular formula is C9H18N2O3. The fourth-order valence-electron chi connectivity index (χ4n) is 1.56. The van der Waals surface area contributed by atoms with E-state index in [4.69, 9.17) is 10.5 Å². The molecule has 0 bridgehead atoms. The molecule has 2 atom stereocenters. The first kappa shape index (κ1) is 11.4. The Morgan fingerprint density at radius 3 is 3.07 bits per heavy atom. The van der Waals surface area contributed by atoms with Crippen LogP contribution in [-0.4, -0.2) is 56.4 Å². The molecule has 0 aromatic heterocycles. The van der Waals surface area contributed by atoms with E-state index in [-0.39, 0.29) is 18.1 Å². The third-order valence-electron chi connectivity index (χ3n) is 2.52. The molecule has 14 heavy (non-hydrogen) atoms. The van der Waals surface area contributed by atoms with Crippen LogP contribution in [0.2, 0.25) is 0 Å². The molecule has 1 aliphatic rings. The number of ether oxygens (including phenoxy) is 2. The molecule has 2 unspecified atom stereocenters. The van der Waals surface area contributed by atoms with Crippen LogP contribution in [0.1, 0.15) is 6.92 Å². The lowest BCUT2D eigenvalue weighted by Gasteiger charge is -2.35. The van der Waals surface area contributed by atoms with E-state index in [9.17, 15) is 4.79 Å².